The van der Waals surface area contributed by atoms with E-state index in [1.54, 1.807) is 18.2 Å². The molecule has 2 rings (SSSR count). The van der Waals surface area contributed by atoms with Crippen LogP contribution < -0.4 is 10.1 Å². The second kappa shape index (κ2) is 8.20. The Hall–Kier alpha value is -2.00. The quantitative estimate of drug-likeness (QED) is 0.777. The molecule has 4 heteroatoms. The molecule has 1 N–H and O–H groups in total. The first-order valence-corrected chi connectivity index (χ1v) is 8.64. The summed E-state index contributed by atoms with van der Waals surface area (Å²) in [5.74, 6) is 0.462. The van der Waals surface area contributed by atoms with Crippen molar-refractivity contribution < 1.29 is 9.53 Å². The summed E-state index contributed by atoms with van der Waals surface area (Å²) in [6.07, 6.45) is 0.820. The predicted molar refractivity (Wildman–Crippen MR) is 99.0 cm³/mol. The van der Waals surface area contributed by atoms with E-state index in [1.165, 1.54) is 11.1 Å². The van der Waals surface area contributed by atoms with E-state index in [-0.39, 0.29) is 11.9 Å². The van der Waals surface area contributed by atoms with Gasteiger partial charge in [-0.05, 0) is 56.5 Å². The molecule has 0 saturated heterocycles. The molecule has 1 amide bonds. The average Bonchev–Trinajstić information content (AvgIpc) is 2.55. The maximum absolute atomic E-state index is 12.6. The number of amides is 1. The standard InChI is InChI=1S/C20H24ClNO2/c1-5-18(16-9-7-13(3)11-14(16)4)22-20(23)15-8-10-19(24-6-2)17(21)12-15/h7-12,18H,5-6H2,1-4H3,(H,22,23). The number of ether oxygens (including phenoxy) is 1. The van der Waals surface area contributed by atoms with Gasteiger partial charge < -0.3 is 10.1 Å². The van der Waals surface area contributed by atoms with Crippen molar-refractivity contribution in [1.82, 2.24) is 5.32 Å². The van der Waals surface area contributed by atoms with Gasteiger partial charge in [0.25, 0.3) is 5.91 Å². The molecule has 2 aromatic rings. The minimum absolute atomic E-state index is 0.0246. The molecule has 0 radical (unpaired) electrons. The molecule has 0 aliphatic rings. The number of rotatable bonds is 6. The number of carbonyl (C=O) groups excluding carboxylic acids is 1. The van der Waals surface area contributed by atoms with E-state index in [2.05, 4.69) is 44.3 Å². The maximum atomic E-state index is 12.6. The zero-order valence-electron chi connectivity index (χ0n) is 14.7. The van der Waals surface area contributed by atoms with E-state index in [4.69, 9.17) is 16.3 Å². The minimum Gasteiger partial charge on any atom is -0.492 e. The smallest absolute Gasteiger partial charge is 0.251 e. The third-order valence-electron chi connectivity index (χ3n) is 4.01. The number of hydrogen-bond donors (Lipinski definition) is 1. The minimum atomic E-state index is -0.133. The third-order valence-corrected chi connectivity index (χ3v) is 4.30. The van der Waals surface area contributed by atoms with E-state index in [0.29, 0.717) is 22.9 Å². The topological polar surface area (TPSA) is 38.3 Å². The monoisotopic (exact) mass is 345 g/mol. The van der Waals surface area contributed by atoms with Gasteiger partial charge in [-0.1, -0.05) is 42.3 Å². The molecule has 0 saturated carbocycles. The number of hydrogen-bond acceptors (Lipinski definition) is 2. The van der Waals surface area contributed by atoms with Gasteiger partial charge in [0.15, 0.2) is 0 Å². The molecule has 0 heterocycles. The molecule has 1 unspecified atom stereocenters. The van der Waals surface area contributed by atoms with Crippen LogP contribution in [-0.4, -0.2) is 12.5 Å². The molecule has 2 aromatic carbocycles. The Balaban J connectivity index is 2.19. The van der Waals surface area contributed by atoms with E-state index >= 15 is 0 Å². The predicted octanol–water partition coefficient (Wildman–Crippen LogP) is 5.24. The molecule has 0 bridgehead atoms. The van der Waals surface area contributed by atoms with Crippen LogP contribution in [0, 0.1) is 13.8 Å². The molecular formula is C20H24ClNO2. The second-order valence-corrected chi connectivity index (χ2v) is 6.28. The lowest BCUT2D eigenvalue weighted by atomic mass is 9.97. The van der Waals surface area contributed by atoms with Crippen LogP contribution in [0.5, 0.6) is 5.75 Å². The van der Waals surface area contributed by atoms with Gasteiger partial charge in [-0.3, -0.25) is 4.79 Å². The molecule has 0 aromatic heterocycles. The van der Waals surface area contributed by atoms with Crippen LogP contribution in [0.25, 0.3) is 0 Å². The van der Waals surface area contributed by atoms with Crippen LogP contribution >= 0.6 is 11.6 Å². The summed E-state index contributed by atoms with van der Waals surface area (Å²) in [6.45, 7) is 8.64. The molecule has 1 atom stereocenters. The highest BCUT2D eigenvalue weighted by atomic mass is 35.5. The maximum Gasteiger partial charge on any atom is 0.251 e. The first kappa shape index (κ1) is 18.3. The lowest BCUT2D eigenvalue weighted by Gasteiger charge is -2.20. The lowest BCUT2D eigenvalue weighted by molar-refractivity contribution is 0.0935. The number of carbonyl (C=O) groups is 1. The van der Waals surface area contributed by atoms with Crippen LogP contribution in [0.15, 0.2) is 36.4 Å². The number of aryl methyl sites for hydroxylation is 2. The van der Waals surface area contributed by atoms with Crippen molar-refractivity contribution >= 4 is 17.5 Å². The highest BCUT2D eigenvalue weighted by Crippen LogP contribution is 2.26. The van der Waals surface area contributed by atoms with Crippen molar-refractivity contribution in [2.75, 3.05) is 6.61 Å². The molecule has 0 aliphatic heterocycles. The van der Waals surface area contributed by atoms with Gasteiger partial charge in [0.1, 0.15) is 5.75 Å². The van der Waals surface area contributed by atoms with Gasteiger partial charge in [0.05, 0.1) is 17.7 Å². The van der Waals surface area contributed by atoms with Gasteiger partial charge in [-0.2, -0.15) is 0 Å². The molecule has 24 heavy (non-hydrogen) atoms. The summed E-state index contributed by atoms with van der Waals surface area (Å²) in [6, 6.07) is 11.4. The van der Waals surface area contributed by atoms with E-state index in [0.717, 1.165) is 12.0 Å². The summed E-state index contributed by atoms with van der Waals surface area (Å²) < 4.78 is 5.41. The Morgan fingerprint density at radius 3 is 2.50 bits per heavy atom. The van der Waals surface area contributed by atoms with Gasteiger partial charge in [0.2, 0.25) is 0 Å². The summed E-state index contributed by atoms with van der Waals surface area (Å²) in [4.78, 5) is 12.6. The molecule has 0 fully saturated rings. The molecule has 128 valence electrons. The summed E-state index contributed by atoms with van der Waals surface area (Å²) >= 11 is 6.18. The van der Waals surface area contributed by atoms with Crippen molar-refractivity contribution in [3.05, 3.63) is 63.7 Å². The van der Waals surface area contributed by atoms with Gasteiger partial charge in [-0.25, -0.2) is 0 Å². The lowest BCUT2D eigenvalue weighted by Crippen LogP contribution is -2.28. The SMILES string of the molecule is CCOc1ccc(C(=O)NC(CC)c2ccc(C)cc2C)cc1Cl. The van der Waals surface area contributed by atoms with Crippen molar-refractivity contribution in [3.63, 3.8) is 0 Å². The first-order chi connectivity index (χ1) is 11.5. The van der Waals surface area contributed by atoms with Crippen LogP contribution in [0.3, 0.4) is 0 Å². The van der Waals surface area contributed by atoms with Crippen molar-refractivity contribution in [3.8, 4) is 5.75 Å². The highest BCUT2D eigenvalue weighted by Gasteiger charge is 2.17. The largest absolute Gasteiger partial charge is 0.492 e. The second-order valence-electron chi connectivity index (χ2n) is 5.87. The van der Waals surface area contributed by atoms with Gasteiger partial charge in [-0.15, -0.1) is 0 Å². The zero-order valence-corrected chi connectivity index (χ0v) is 15.4. The highest BCUT2D eigenvalue weighted by molar-refractivity contribution is 6.32. The zero-order chi connectivity index (χ0) is 17.7. The number of benzene rings is 2. The molecular weight excluding hydrogens is 322 g/mol. The van der Waals surface area contributed by atoms with E-state index in [1.807, 2.05) is 6.92 Å². The Labute approximate surface area is 149 Å². The van der Waals surface area contributed by atoms with Gasteiger partial charge >= 0.3 is 0 Å². The van der Waals surface area contributed by atoms with E-state index < -0.39 is 0 Å². The fourth-order valence-electron chi connectivity index (χ4n) is 2.77. The fraction of sp³-hybridized carbons (Fsp3) is 0.350. The fourth-order valence-corrected chi connectivity index (χ4v) is 3.01. The van der Waals surface area contributed by atoms with Crippen LogP contribution in [0.4, 0.5) is 0 Å². The Kier molecular flexibility index (Phi) is 6.27. The average molecular weight is 346 g/mol. The normalized spacial score (nSPS) is 11.9. The van der Waals surface area contributed by atoms with Crippen molar-refractivity contribution in [2.24, 2.45) is 0 Å². The van der Waals surface area contributed by atoms with Gasteiger partial charge in [0, 0.05) is 5.56 Å². The Bertz CT molecular complexity index is 728. The van der Waals surface area contributed by atoms with Crippen molar-refractivity contribution in [2.45, 2.75) is 40.2 Å². The molecule has 0 aliphatic carbocycles. The van der Waals surface area contributed by atoms with Crippen LogP contribution in [0.2, 0.25) is 5.02 Å². The molecule has 3 nitrogen and oxygen atoms in total. The number of nitrogens with one attached hydrogen (secondary N) is 1. The first-order valence-electron chi connectivity index (χ1n) is 8.26. The Morgan fingerprint density at radius 2 is 1.92 bits per heavy atom. The van der Waals surface area contributed by atoms with E-state index in [9.17, 15) is 4.79 Å². The number of halogens is 1. The summed E-state index contributed by atoms with van der Waals surface area (Å²) in [7, 11) is 0. The Morgan fingerprint density at radius 1 is 1.17 bits per heavy atom. The van der Waals surface area contributed by atoms with Crippen LogP contribution in [0.1, 0.15) is 53.4 Å². The van der Waals surface area contributed by atoms with Crippen LogP contribution in [-0.2, 0) is 0 Å². The van der Waals surface area contributed by atoms with Crippen molar-refractivity contribution in [1.29, 1.82) is 0 Å². The third kappa shape index (κ3) is 4.30. The summed E-state index contributed by atoms with van der Waals surface area (Å²) in [5.41, 5.74) is 4.09. The summed E-state index contributed by atoms with van der Waals surface area (Å²) in [5, 5.41) is 3.55. The molecule has 0 spiro atoms.